The number of hydrogen-bond donors (Lipinski definition) is 1. The lowest BCUT2D eigenvalue weighted by Gasteiger charge is -2.11. The van der Waals surface area contributed by atoms with Crippen molar-refractivity contribution < 1.29 is 0 Å². The van der Waals surface area contributed by atoms with Crippen molar-refractivity contribution in [1.29, 1.82) is 0 Å². The summed E-state index contributed by atoms with van der Waals surface area (Å²) in [5.74, 6) is 1.15. The van der Waals surface area contributed by atoms with E-state index in [9.17, 15) is 0 Å². The monoisotopic (exact) mass is 237 g/mol. The van der Waals surface area contributed by atoms with E-state index < -0.39 is 0 Å². The van der Waals surface area contributed by atoms with Crippen molar-refractivity contribution in [2.45, 2.75) is 45.1 Å². The van der Waals surface area contributed by atoms with Crippen molar-refractivity contribution in [3.8, 4) is 0 Å². The Morgan fingerprint density at radius 1 is 1.31 bits per heavy atom. The molecule has 1 atom stereocenters. The SMILES string of the molecule is CCC(C)NCCSc1cc(C)ccc1C. The van der Waals surface area contributed by atoms with Gasteiger partial charge in [0.25, 0.3) is 0 Å². The van der Waals surface area contributed by atoms with E-state index in [1.54, 1.807) is 0 Å². The smallest absolute Gasteiger partial charge is 0.0106 e. The van der Waals surface area contributed by atoms with Gasteiger partial charge in [-0.3, -0.25) is 0 Å². The predicted octanol–water partition coefficient (Wildman–Crippen LogP) is 3.78. The van der Waals surface area contributed by atoms with Gasteiger partial charge in [-0.05, 0) is 38.8 Å². The van der Waals surface area contributed by atoms with Crippen LogP contribution < -0.4 is 5.32 Å². The Balaban J connectivity index is 2.34. The van der Waals surface area contributed by atoms with E-state index in [-0.39, 0.29) is 0 Å². The molecule has 0 radical (unpaired) electrons. The molecule has 1 nitrogen and oxygen atoms in total. The van der Waals surface area contributed by atoms with Crippen LogP contribution in [0.25, 0.3) is 0 Å². The first-order valence-corrected chi connectivity index (χ1v) is 7.05. The summed E-state index contributed by atoms with van der Waals surface area (Å²) < 4.78 is 0. The zero-order chi connectivity index (χ0) is 12.0. The Kier molecular flexibility index (Phi) is 5.93. The molecule has 16 heavy (non-hydrogen) atoms. The molecule has 1 N–H and O–H groups in total. The molecule has 0 heterocycles. The van der Waals surface area contributed by atoms with Gasteiger partial charge in [0.2, 0.25) is 0 Å². The molecule has 0 amide bonds. The lowest BCUT2D eigenvalue weighted by molar-refractivity contribution is 0.555. The van der Waals surface area contributed by atoms with E-state index in [2.05, 4.69) is 51.2 Å². The number of rotatable bonds is 6. The summed E-state index contributed by atoms with van der Waals surface area (Å²) in [6.45, 7) is 9.88. The van der Waals surface area contributed by atoms with Crippen LogP contribution in [-0.4, -0.2) is 18.3 Å². The molecule has 0 aliphatic carbocycles. The van der Waals surface area contributed by atoms with Crippen LogP contribution in [0.2, 0.25) is 0 Å². The molecule has 1 unspecified atom stereocenters. The van der Waals surface area contributed by atoms with E-state index in [4.69, 9.17) is 0 Å². The third-order valence-electron chi connectivity index (χ3n) is 2.81. The number of hydrogen-bond acceptors (Lipinski definition) is 2. The van der Waals surface area contributed by atoms with Crippen molar-refractivity contribution in [2.75, 3.05) is 12.3 Å². The first kappa shape index (κ1) is 13.6. The molecule has 2 heteroatoms. The molecule has 1 rings (SSSR count). The topological polar surface area (TPSA) is 12.0 Å². The van der Waals surface area contributed by atoms with Gasteiger partial charge in [0.15, 0.2) is 0 Å². The maximum atomic E-state index is 3.52. The van der Waals surface area contributed by atoms with Crippen molar-refractivity contribution in [3.05, 3.63) is 29.3 Å². The summed E-state index contributed by atoms with van der Waals surface area (Å²) in [7, 11) is 0. The fourth-order valence-electron chi connectivity index (χ4n) is 1.47. The van der Waals surface area contributed by atoms with Gasteiger partial charge in [0.05, 0.1) is 0 Å². The maximum Gasteiger partial charge on any atom is 0.0106 e. The van der Waals surface area contributed by atoms with Crippen LogP contribution >= 0.6 is 11.8 Å². The second-order valence-corrected chi connectivity index (χ2v) is 5.52. The molecule has 0 aliphatic rings. The highest BCUT2D eigenvalue weighted by Crippen LogP contribution is 2.22. The molecule has 0 aromatic heterocycles. The quantitative estimate of drug-likeness (QED) is 0.597. The average Bonchev–Trinajstić information content (AvgIpc) is 2.28. The third-order valence-corrected chi connectivity index (χ3v) is 3.97. The van der Waals surface area contributed by atoms with Gasteiger partial charge in [-0.2, -0.15) is 0 Å². The summed E-state index contributed by atoms with van der Waals surface area (Å²) in [5, 5.41) is 3.52. The minimum atomic E-state index is 0.638. The fraction of sp³-hybridized carbons (Fsp3) is 0.571. The molecule has 0 fully saturated rings. The van der Waals surface area contributed by atoms with Gasteiger partial charge in [0, 0.05) is 23.2 Å². The fourth-order valence-corrected chi connectivity index (χ4v) is 2.48. The van der Waals surface area contributed by atoms with Gasteiger partial charge in [-0.25, -0.2) is 0 Å². The minimum absolute atomic E-state index is 0.638. The van der Waals surface area contributed by atoms with Crippen LogP contribution in [0.4, 0.5) is 0 Å². The van der Waals surface area contributed by atoms with Crippen molar-refractivity contribution in [2.24, 2.45) is 0 Å². The first-order valence-electron chi connectivity index (χ1n) is 6.07. The van der Waals surface area contributed by atoms with Crippen LogP contribution in [-0.2, 0) is 0 Å². The van der Waals surface area contributed by atoms with Gasteiger partial charge in [-0.15, -0.1) is 11.8 Å². The Morgan fingerprint density at radius 2 is 2.06 bits per heavy atom. The molecular weight excluding hydrogens is 214 g/mol. The van der Waals surface area contributed by atoms with Gasteiger partial charge >= 0.3 is 0 Å². The summed E-state index contributed by atoms with van der Waals surface area (Å²) in [6.07, 6.45) is 1.20. The third kappa shape index (κ3) is 4.58. The molecule has 0 aliphatic heterocycles. The Hall–Kier alpha value is -0.470. The molecule has 0 saturated carbocycles. The number of nitrogens with one attached hydrogen (secondary N) is 1. The minimum Gasteiger partial charge on any atom is -0.313 e. The van der Waals surface area contributed by atoms with Crippen LogP contribution in [0.1, 0.15) is 31.4 Å². The molecule has 1 aromatic carbocycles. The van der Waals surface area contributed by atoms with E-state index >= 15 is 0 Å². The summed E-state index contributed by atoms with van der Waals surface area (Å²) in [5.41, 5.74) is 2.74. The van der Waals surface area contributed by atoms with Crippen LogP contribution in [0.5, 0.6) is 0 Å². The second-order valence-electron chi connectivity index (χ2n) is 4.38. The largest absolute Gasteiger partial charge is 0.313 e. The number of benzene rings is 1. The van der Waals surface area contributed by atoms with Crippen molar-refractivity contribution >= 4 is 11.8 Å². The van der Waals surface area contributed by atoms with E-state index in [0.717, 1.165) is 12.3 Å². The standard InChI is InChI=1S/C14H23NS/c1-5-13(4)15-8-9-16-14-10-11(2)6-7-12(14)3/h6-7,10,13,15H,5,8-9H2,1-4H3. The lowest BCUT2D eigenvalue weighted by Crippen LogP contribution is -2.27. The molecule has 0 saturated heterocycles. The Labute approximate surface area is 104 Å². The molecule has 0 bridgehead atoms. The molecular formula is C14H23NS. The Bertz CT molecular complexity index is 323. The van der Waals surface area contributed by atoms with Gasteiger partial charge in [-0.1, -0.05) is 24.6 Å². The maximum absolute atomic E-state index is 3.52. The zero-order valence-electron chi connectivity index (χ0n) is 10.8. The van der Waals surface area contributed by atoms with E-state index in [1.807, 2.05) is 11.8 Å². The van der Waals surface area contributed by atoms with Crippen molar-refractivity contribution in [3.63, 3.8) is 0 Å². The highest BCUT2D eigenvalue weighted by Gasteiger charge is 2.00. The van der Waals surface area contributed by atoms with Crippen LogP contribution in [0, 0.1) is 13.8 Å². The molecule has 1 aromatic rings. The second kappa shape index (κ2) is 6.97. The number of thioether (sulfide) groups is 1. The van der Waals surface area contributed by atoms with E-state index in [0.29, 0.717) is 6.04 Å². The summed E-state index contributed by atoms with van der Waals surface area (Å²) in [4.78, 5) is 1.42. The zero-order valence-corrected chi connectivity index (χ0v) is 11.7. The predicted molar refractivity (Wildman–Crippen MR) is 74.4 cm³/mol. The highest BCUT2D eigenvalue weighted by atomic mass is 32.2. The highest BCUT2D eigenvalue weighted by molar-refractivity contribution is 7.99. The normalized spacial score (nSPS) is 12.8. The van der Waals surface area contributed by atoms with Crippen molar-refractivity contribution in [1.82, 2.24) is 5.32 Å². The first-order chi connectivity index (χ1) is 7.63. The van der Waals surface area contributed by atoms with Crippen LogP contribution in [0.3, 0.4) is 0 Å². The summed E-state index contributed by atoms with van der Waals surface area (Å²) in [6, 6.07) is 7.30. The van der Waals surface area contributed by atoms with Gasteiger partial charge in [0.1, 0.15) is 0 Å². The summed E-state index contributed by atoms with van der Waals surface area (Å²) >= 11 is 1.95. The Morgan fingerprint density at radius 3 is 2.75 bits per heavy atom. The lowest BCUT2D eigenvalue weighted by atomic mass is 10.2. The average molecular weight is 237 g/mol. The molecule has 90 valence electrons. The molecule has 0 spiro atoms. The van der Waals surface area contributed by atoms with Crippen LogP contribution in [0.15, 0.2) is 23.1 Å². The van der Waals surface area contributed by atoms with E-state index in [1.165, 1.54) is 22.4 Å². The van der Waals surface area contributed by atoms with Gasteiger partial charge < -0.3 is 5.32 Å². The number of aryl methyl sites for hydroxylation is 2.